The van der Waals surface area contributed by atoms with Gasteiger partial charge in [-0.05, 0) is 67.2 Å². The average molecular weight is 507 g/mol. The second kappa shape index (κ2) is 17.0. The Labute approximate surface area is 224 Å². The van der Waals surface area contributed by atoms with E-state index >= 15 is 0 Å². The lowest BCUT2D eigenvalue weighted by molar-refractivity contribution is -0.138. The molecule has 4 nitrogen and oxygen atoms in total. The average Bonchev–Trinajstić information content (AvgIpc) is 3.58. The van der Waals surface area contributed by atoms with Crippen LogP contribution in [0.1, 0.15) is 95.1 Å². The molecule has 2 aliphatic carbocycles. The Balaban J connectivity index is 0.000000458. The lowest BCUT2D eigenvalue weighted by Crippen LogP contribution is -2.15. The van der Waals surface area contributed by atoms with E-state index < -0.39 is 5.97 Å². The molecule has 0 amide bonds. The van der Waals surface area contributed by atoms with Crippen LogP contribution >= 0.6 is 0 Å². The van der Waals surface area contributed by atoms with Crippen LogP contribution in [0.4, 0.5) is 0 Å². The molecule has 0 aromatic heterocycles. The summed E-state index contributed by atoms with van der Waals surface area (Å²) in [6.45, 7) is 3.27. The van der Waals surface area contributed by atoms with Crippen molar-refractivity contribution in [2.45, 2.75) is 103 Å². The number of hydrogen-bond acceptors (Lipinski definition) is 3. The third-order valence-electron chi connectivity index (χ3n) is 7.39. The van der Waals surface area contributed by atoms with Gasteiger partial charge < -0.3 is 14.6 Å². The van der Waals surface area contributed by atoms with Gasteiger partial charge in [-0.2, -0.15) is 0 Å². The highest BCUT2D eigenvalue weighted by molar-refractivity contribution is 5.66. The van der Waals surface area contributed by atoms with Crippen LogP contribution in [-0.2, 0) is 22.7 Å². The van der Waals surface area contributed by atoms with Crippen LogP contribution in [0, 0.1) is 11.8 Å². The fourth-order valence-electron chi connectivity index (χ4n) is 5.10. The van der Waals surface area contributed by atoms with Crippen molar-refractivity contribution in [3.05, 3.63) is 77.9 Å². The second-order valence-electron chi connectivity index (χ2n) is 10.6. The van der Waals surface area contributed by atoms with Crippen LogP contribution in [0.2, 0.25) is 0 Å². The third kappa shape index (κ3) is 12.0. The van der Waals surface area contributed by atoms with Gasteiger partial charge in [0, 0.05) is 6.42 Å². The van der Waals surface area contributed by atoms with E-state index in [4.69, 9.17) is 14.6 Å². The topological polar surface area (TPSA) is 55.8 Å². The molecule has 3 unspecified atom stereocenters. The number of carboxylic acid groups (broad SMARTS) is 1. The van der Waals surface area contributed by atoms with Crippen molar-refractivity contribution in [2.75, 3.05) is 0 Å². The summed E-state index contributed by atoms with van der Waals surface area (Å²) >= 11 is 0. The van der Waals surface area contributed by atoms with E-state index in [2.05, 4.69) is 19.1 Å². The van der Waals surface area contributed by atoms with Crippen molar-refractivity contribution in [3.8, 4) is 5.75 Å². The van der Waals surface area contributed by atoms with Crippen molar-refractivity contribution in [1.29, 1.82) is 0 Å². The second-order valence-corrected chi connectivity index (χ2v) is 10.6. The molecule has 2 bridgehead atoms. The zero-order valence-corrected chi connectivity index (χ0v) is 22.7. The maximum Gasteiger partial charge on any atom is 0.303 e. The van der Waals surface area contributed by atoms with Gasteiger partial charge in [0.15, 0.2) is 0 Å². The third-order valence-corrected chi connectivity index (χ3v) is 7.39. The smallest absolute Gasteiger partial charge is 0.303 e. The first-order valence-electron chi connectivity index (χ1n) is 14.4. The van der Waals surface area contributed by atoms with E-state index in [1.54, 1.807) is 0 Å². The number of benzene rings is 2. The number of rotatable bonds is 16. The van der Waals surface area contributed by atoms with Crippen LogP contribution in [0.5, 0.6) is 5.75 Å². The van der Waals surface area contributed by atoms with Gasteiger partial charge in [0.1, 0.15) is 12.4 Å². The zero-order valence-electron chi connectivity index (χ0n) is 22.7. The molecule has 1 saturated carbocycles. The van der Waals surface area contributed by atoms with Crippen LogP contribution in [0.15, 0.2) is 66.7 Å². The molecule has 1 N–H and O–H groups in total. The van der Waals surface area contributed by atoms with Gasteiger partial charge in [-0.15, -0.1) is 0 Å². The molecule has 202 valence electrons. The first kappa shape index (κ1) is 29.0. The summed E-state index contributed by atoms with van der Waals surface area (Å²) in [4.78, 5) is 11.0. The summed E-state index contributed by atoms with van der Waals surface area (Å²) in [5.74, 6) is 2.05. The van der Waals surface area contributed by atoms with Gasteiger partial charge in [-0.3, -0.25) is 4.79 Å². The zero-order chi connectivity index (χ0) is 26.1. The number of unbranched alkanes of at least 4 members (excludes halogenated alkanes) is 5. The van der Waals surface area contributed by atoms with Crippen molar-refractivity contribution in [2.24, 2.45) is 11.8 Å². The van der Waals surface area contributed by atoms with Gasteiger partial charge in [0.2, 0.25) is 0 Å². The van der Waals surface area contributed by atoms with Crippen LogP contribution in [0.3, 0.4) is 0 Å². The molecular formula is C33H46O4. The molecule has 0 heterocycles. The summed E-state index contributed by atoms with van der Waals surface area (Å²) in [6.07, 6.45) is 18.2. The van der Waals surface area contributed by atoms with Crippen LogP contribution < -0.4 is 4.74 Å². The van der Waals surface area contributed by atoms with Crippen molar-refractivity contribution in [3.63, 3.8) is 0 Å². The minimum Gasteiger partial charge on any atom is -0.489 e. The fraction of sp³-hybridized carbons (Fsp3) is 0.545. The van der Waals surface area contributed by atoms with Crippen molar-refractivity contribution in [1.82, 2.24) is 0 Å². The highest BCUT2D eigenvalue weighted by Crippen LogP contribution is 2.38. The lowest BCUT2D eigenvalue weighted by Gasteiger charge is -2.17. The van der Waals surface area contributed by atoms with E-state index in [1.807, 2.05) is 54.6 Å². The Kier molecular flexibility index (Phi) is 13.3. The van der Waals surface area contributed by atoms with Crippen LogP contribution in [-0.4, -0.2) is 17.2 Å². The van der Waals surface area contributed by atoms with Crippen molar-refractivity contribution >= 4 is 5.97 Å². The first-order valence-corrected chi connectivity index (χ1v) is 14.4. The summed E-state index contributed by atoms with van der Waals surface area (Å²) in [6, 6.07) is 18.0. The largest absolute Gasteiger partial charge is 0.489 e. The number of aliphatic carboxylic acids is 1. The monoisotopic (exact) mass is 506 g/mol. The minimum absolute atomic E-state index is 0.00119. The van der Waals surface area contributed by atoms with E-state index in [0.29, 0.717) is 19.6 Å². The molecule has 0 aliphatic heterocycles. The SMILES string of the molecule is C1=CC2CCC1C2.CCCCCCCCC(CCC(=O)O)OCc1ccc(OCc2ccccc2)cc1. The Morgan fingerprint density at radius 1 is 0.838 bits per heavy atom. The van der Waals surface area contributed by atoms with E-state index in [1.165, 1.54) is 51.4 Å². The maximum atomic E-state index is 11.0. The Morgan fingerprint density at radius 2 is 1.49 bits per heavy atom. The molecule has 0 saturated heterocycles. The standard InChI is InChI=1S/C26H36O4.C7H10/c1-2-3-4-5-6-10-13-24(18-19-26(27)28)29-21-23-14-16-25(17-15-23)30-20-22-11-8-7-9-12-22;1-2-7-4-3-6(1)5-7/h7-9,11-12,14-17,24H,2-6,10,13,18-21H2,1H3,(H,27,28);1-2,6-7H,3-5H2. The highest BCUT2D eigenvalue weighted by atomic mass is 16.5. The number of hydrogen-bond donors (Lipinski definition) is 1. The number of allylic oxidation sites excluding steroid dienone is 2. The van der Waals surface area contributed by atoms with Gasteiger partial charge in [-0.1, -0.05) is 100 Å². The van der Waals surface area contributed by atoms with Crippen molar-refractivity contribution < 1.29 is 19.4 Å². The molecule has 4 heteroatoms. The fourth-order valence-corrected chi connectivity index (χ4v) is 5.10. The van der Waals surface area contributed by atoms with Crippen LogP contribution in [0.25, 0.3) is 0 Å². The molecule has 2 aromatic carbocycles. The number of carbonyl (C=O) groups is 1. The van der Waals surface area contributed by atoms with E-state index in [9.17, 15) is 4.79 Å². The minimum atomic E-state index is -0.758. The molecule has 2 aliphatic rings. The predicted molar refractivity (Wildman–Crippen MR) is 151 cm³/mol. The first-order chi connectivity index (χ1) is 18.1. The molecule has 4 rings (SSSR count). The summed E-state index contributed by atoms with van der Waals surface area (Å²) in [7, 11) is 0. The normalized spacial score (nSPS) is 18.3. The Hall–Kier alpha value is -2.59. The van der Waals surface area contributed by atoms with Gasteiger partial charge in [0.25, 0.3) is 0 Å². The van der Waals surface area contributed by atoms with E-state index in [-0.39, 0.29) is 12.5 Å². The van der Waals surface area contributed by atoms with Gasteiger partial charge in [0.05, 0.1) is 12.7 Å². The number of carboxylic acids is 1. The molecule has 1 fully saturated rings. The molecular weight excluding hydrogens is 460 g/mol. The molecule has 0 radical (unpaired) electrons. The van der Waals surface area contributed by atoms with Gasteiger partial charge >= 0.3 is 5.97 Å². The molecule has 37 heavy (non-hydrogen) atoms. The highest BCUT2D eigenvalue weighted by Gasteiger charge is 2.25. The summed E-state index contributed by atoms with van der Waals surface area (Å²) in [5.41, 5.74) is 2.21. The molecule has 3 atom stereocenters. The molecule has 2 aromatic rings. The number of ether oxygens (including phenoxy) is 2. The summed E-state index contributed by atoms with van der Waals surface area (Å²) in [5, 5.41) is 9.01. The quantitative estimate of drug-likeness (QED) is 0.183. The lowest BCUT2D eigenvalue weighted by atomic mass is 10.0. The number of fused-ring (bicyclic) bond motifs is 2. The molecule has 0 spiro atoms. The maximum absolute atomic E-state index is 11.0. The Bertz CT molecular complexity index is 894. The summed E-state index contributed by atoms with van der Waals surface area (Å²) < 4.78 is 11.9. The van der Waals surface area contributed by atoms with Gasteiger partial charge in [-0.25, -0.2) is 0 Å². The predicted octanol–water partition coefficient (Wildman–Crippen LogP) is 8.74. The Morgan fingerprint density at radius 3 is 2.08 bits per heavy atom. The van der Waals surface area contributed by atoms with E-state index in [0.717, 1.165) is 41.6 Å².